The van der Waals surface area contributed by atoms with Gasteiger partial charge in [0.1, 0.15) is 0 Å². The van der Waals surface area contributed by atoms with Crippen LogP contribution in [0.4, 0.5) is 8.78 Å². The van der Waals surface area contributed by atoms with Crippen LogP contribution >= 0.6 is 0 Å². The van der Waals surface area contributed by atoms with Gasteiger partial charge in [-0.05, 0) is 322 Å². The number of nitrogens with zero attached hydrogens (tertiary/aromatic N) is 17. The maximum atomic E-state index is 12.7. The molecule has 16 aliphatic heterocycles. The molecule has 16 heterocycles. The van der Waals surface area contributed by atoms with Crippen LogP contribution in [0.5, 0.6) is 0 Å². The molecule has 5 spiro atoms. The molecule has 27 heteroatoms. The molecule has 0 unspecified atom stereocenters. The number of hydrogen-bond acceptors (Lipinski definition) is 24. The number of amides is 1. The van der Waals surface area contributed by atoms with Gasteiger partial charge in [-0.2, -0.15) is 0 Å². The monoisotopic (exact) mass is 1960 g/mol. The molecule has 1 amide bonds. The van der Waals surface area contributed by atoms with Gasteiger partial charge in [0.2, 0.25) is 11.8 Å². The average molecular weight is 1960 g/mol. The first-order valence-electron chi connectivity index (χ1n) is 55.0. The van der Waals surface area contributed by atoms with Crippen molar-refractivity contribution in [2.45, 2.75) is 340 Å². The fourth-order valence-corrected chi connectivity index (χ4v) is 20.8. The normalized spacial score (nSPS) is 25.8. The van der Waals surface area contributed by atoms with E-state index in [9.17, 15) is 13.6 Å². The molecular weight excluding hydrogens is 1730 g/mol. The van der Waals surface area contributed by atoms with E-state index in [1.807, 2.05) is 0 Å². The summed E-state index contributed by atoms with van der Waals surface area (Å²) in [6.07, 6.45) is 7.08. The predicted octanol–water partition coefficient (Wildman–Crippen LogP) is 13.6. The number of nitrogens with one attached hydrogen (secondary N) is 2. The molecule has 0 bridgehead atoms. The Morgan fingerprint density at radius 3 is 0.826 bits per heavy atom. The topological polar surface area (TPSA) is 142 Å². The molecule has 0 aromatic heterocycles. The lowest BCUT2D eigenvalue weighted by Crippen LogP contribution is -2.73. The van der Waals surface area contributed by atoms with Gasteiger partial charge in [0, 0.05) is 317 Å². The van der Waals surface area contributed by atoms with E-state index < -0.39 is 5.92 Å². The van der Waals surface area contributed by atoms with E-state index >= 15 is 0 Å². The van der Waals surface area contributed by atoms with E-state index in [0.717, 1.165) is 118 Å². The largest absolute Gasteiger partial charge is 0.380 e. The van der Waals surface area contributed by atoms with Crippen LogP contribution < -0.4 is 10.6 Å². The number of morpholine rings is 2. The summed E-state index contributed by atoms with van der Waals surface area (Å²) in [5.74, 6) is -2.21. The first-order chi connectivity index (χ1) is 63.4. The molecule has 1 aliphatic carbocycles. The van der Waals surface area contributed by atoms with Crippen molar-refractivity contribution in [2.75, 3.05) is 350 Å². The first-order valence-corrected chi connectivity index (χ1v) is 55.0. The van der Waals surface area contributed by atoms with Crippen LogP contribution in [0.1, 0.15) is 273 Å². The van der Waals surface area contributed by atoms with Crippen molar-refractivity contribution in [2.24, 2.45) is 27.1 Å². The highest BCUT2D eigenvalue weighted by molar-refractivity contribution is 5.78. The number of piperazine rings is 4. The Bertz CT molecular complexity index is 3320. The van der Waals surface area contributed by atoms with Crippen molar-refractivity contribution < 1.29 is 37.3 Å². The summed E-state index contributed by atoms with van der Waals surface area (Å²) in [7, 11) is 8.46. The van der Waals surface area contributed by atoms with Gasteiger partial charge in [-0.15, -0.1) is 0 Å². The summed E-state index contributed by atoms with van der Waals surface area (Å²) in [4.78, 5) is 53.4. The van der Waals surface area contributed by atoms with Gasteiger partial charge >= 0.3 is 0 Å². The smallest absolute Gasteiger partial charge is 0.249 e. The second kappa shape index (κ2) is 51.8. The van der Waals surface area contributed by atoms with Crippen LogP contribution in [0, 0.1) is 27.1 Å². The number of halogens is 2. The summed E-state index contributed by atoms with van der Waals surface area (Å²) in [5, 5.41) is 6.15. The SMILES string of the molecule is CC(C)(C)N1CC2(C1)CC(F)(F)C2.CC(C)(C)N1CC2(CNC2)C1.CC(C)(C)N1CC2(COC2)C1.CC(C)(C)N1CCC2(CC1)COC2.CC(C)(C)N1CCC2(COC2)C1.CC(C)(C)N1CCN(CCN2CCCC2)CC1.CC(C)(C)N1CCN(CCN2CCOCC2)CC1.CC(C)(C)N1CCNC(=O)C1.CC(C)(C)N1CCOCC1.CN(C)C(C)(C)C.CN(C)CCN1CCN(C(C)(C)C)CC1. The van der Waals surface area contributed by atoms with E-state index in [4.69, 9.17) is 23.7 Å². The third kappa shape index (κ3) is 41.7. The number of carbonyl (C=O) groups is 1. The van der Waals surface area contributed by atoms with E-state index in [-0.39, 0.29) is 35.2 Å². The fourth-order valence-electron chi connectivity index (χ4n) is 20.8. The van der Waals surface area contributed by atoms with Crippen molar-refractivity contribution in [3.8, 4) is 0 Å². The molecule has 0 aromatic rings. The van der Waals surface area contributed by atoms with Crippen LogP contribution in [-0.4, -0.2) is 506 Å². The van der Waals surface area contributed by atoms with Crippen LogP contribution in [-0.2, 0) is 28.5 Å². The Hall–Kier alpha value is -1.59. The second-order valence-electron chi connectivity index (χ2n) is 56.5. The Balaban J connectivity index is 0.000000208. The number of ether oxygens (including phenoxy) is 5. The number of likely N-dealkylation sites (N-methyl/N-ethyl adjacent to an activating group) is 1. The minimum Gasteiger partial charge on any atom is -0.380 e. The van der Waals surface area contributed by atoms with Gasteiger partial charge < -0.3 is 49.0 Å². The van der Waals surface area contributed by atoms with Gasteiger partial charge in [0.15, 0.2) is 0 Å². The molecule has 0 aromatic carbocycles. The number of piperidine rings is 1. The number of likely N-dealkylation sites (tertiary alicyclic amines) is 6. The van der Waals surface area contributed by atoms with Gasteiger partial charge in [0.05, 0.1) is 72.6 Å². The van der Waals surface area contributed by atoms with Gasteiger partial charge in [-0.25, -0.2) is 8.78 Å². The molecule has 0 radical (unpaired) electrons. The molecule has 17 fully saturated rings. The van der Waals surface area contributed by atoms with Crippen molar-refractivity contribution in [1.29, 1.82) is 0 Å². The van der Waals surface area contributed by atoms with Crippen molar-refractivity contribution in [1.82, 2.24) is 93.9 Å². The molecule has 17 rings (SSSR count). The molecule has 814 valence electrons. The molecule has 1 saturated carbocycles. The Morgan fingerprint density at radius 2 is 0.565 bits per heavy atom. The highest BCUT2D eigenvalue weighted by atomic mass is 19.3. The molecule has 0 atom stereocenters. The van der Waals surface area contributed by atoms with Gasteiger partial charge in [0.25, 0.3) is 0 Å². The quantitative estimate of drug-likeness (QED) is 0.226. The van der Waals surface area contributed by atoms with Crippen molar-refractivity contribution in [3.63, 3.8) is 0 Å². The average Bonchev–Trinajstić information content (AvgIpc) is 0.977. The Kier molecular flexibility index (Phi) is 46.3. The third-order valence-corrected chi connectivity index (χ3v) is 32.8. The Labute approximate surface area is 849 Å². The summed E-state index contributed by atoms with van der Waals surface area (Å²) >= 11 is 0. The minimum absolute atomic E-state index is 0.0171. The molecule has 2 N–H and O–H groups in total. The summed E-state index contributed by atoms with van der Waals surface area (Å²) in [6.45, 7) is 130. The molecule has 25 nitrogen and oxygen atoms in total. The van der Waals surface area contributed by atoms with E-state index in [0.29, 0.717) is 78.1 Å². The lowest BCUT2D eigenvalue weighted by molar-refractivity contribution is -0.227. The number of alkyl halides is 2. The van der Waals surface area contributed by atoms with Crippen LogP contribution in [0.2, 0.25) is 0 Å². The molecule has 16 saturated heterocycles. The predicted molar refractivity (Wildman–Crippen MR) is 577 cm³/mol. The van der Waals surface area contributed by atoms with Crippen molar-refractivity contribution in [3.05, 3.63) is 0 Å². The highest BCUT2D eigenvalue weighted by Crippen LogP contribution is 2.58. The fraction of sp³-hybridized carbons (Fsp3) is 0.991. The van der Waals surface area contributed by atoms with Crippen LogP contribution in [0.15, 0.2) is 0 Å². The maximum absolute atomic E-state index is 12.7. The molecule has 17 aliphatic rings. The minimum atomic E-state index is -2.36. The third-order valence-electron chi connectivity index (χ3n) is 32.8. The number of hydrogen-bond donors (Lipinski definition) is 2. The maximum Gasteiger partial charge on any atom is 0.249 e. The van der Waals surface area contributed by atoms with Crippen LogP contribution in [0.25, 0.3) is 0 Å². The summed E-state index contributed by atoms with van der Waals surface area (Å²) < 4.78 is 51.8. The van der Waals surface area contributed by atoms with Gasteiger partial charge in [-0.1, -0.05) is 0 Å². The number of rotatable bonds is 9. The first kappa shape index (κ1) is 123. The molecular formula is C111H225F2N19O6. The second-order valence-corrected chi connectivity index (χ2v) is 56.5. The van der Waals surface area contributed by atoms with Crippen LogP contribution in [0.3, 0.4) is 0 Å². The zero-order valence-electron chi connectivity index (χ0n) is 97.4. The zero-order valence-corrected chi connectivity index (χ0v) is 97.4. The highest BCUT2D eigenvalue weighted by Gasteiger charge is 2.63. The van der Waals surface area contributed by atoms with E-state index in [1.165, 1.54) is 228 Å². The lowest BCUT2D eigenvalue weighted by atomic mass is 9.60. The molecule has 138 heavy (non-hydrogen) atoms. The van der Waals surface area contributed by atoms with Crippen molar-refractivity contribution >= 4 is 5.91 Å². The Morgan fingerprint density at radius 1 is 0.290 bits per heavy atom. The number of carbonyl (C=O) groups excluding carboxylic acids is 1. The van der Waals surface area contributed by atoms with Gasteiger partial charge in [-0.3, -0.25) is 73.4 Å². The standard InChI is InChI=1S/C14H29N3O.C14H29N3.C12H27N3.C11H21NO.C10H17F2N.C10H19NO.C9H18N2.C9H17NO.C8H16N2O.C8H17NO.C6H15N/c1-14(2,3)17-8-6-15(7-9-17)4-5-16-10-12-18-13-11-16;1-14(2,3)17-12-10-16(11-13-17)9-8-15-6-4-5-7-15;1-12(2,3)15-10-8-14(9-11-15)7-6-13(4)5;1-10(2,3)12-6-4-11(5-7-12)8-13-9-11;1-8(2,3)13-6-9(7-13)4-10(11,12)5-9;1-9(2,3)11-5-4-10(6-11)7-12-8-10;1-8(2,3)11-6-9(7-11)4-10-5-9;1-8(2,3)10-4-9(5-10)6-11-7-9;1-8(2,3)10-5-4-9-7(11)6-10;1-8(2,3)9-4-6-10-7-5-9;1-6(2,3)7(4)5/h4-13H2,1-3H3;4-13H2,1-3H3;6-11H2,1-5H3;4-9H2,1-3H3;4-7H2,1-3H3;4-8H2,1-3H3;10H,4-7H2,1-3H3;4-7H2,1-3H3;4-6H2,1-3H3,(H,9,11);4-7H2,1-3H3;1-5H3. The summed E-state index contributed by atoms with van der Waals surface area (Å²) in [6, 6.07) is 0. The van der Waals surface area contributed by atoms with E-state index in [1.54, 1.807) is 0 Å². The summed E-state index contributed by atoms with van der Waals surface area (Å²) in [5.41, 5.74) is 5.78. The van der Waals surface area contributed by atoms with E-state index in [2.05, 4.69) is 351 Å². The lowest BCUT2D eigenvalue weighted by Gasteiger charge is -2.62. The zero-order chi connectivity index (χ0) is 103.